The highest BCUT2D eigenvalue weighted by atomic mass is 35.5. The zero-order chi connectivity index (χ0) is 19.7. The summed E-state index contributed by atoms with van der Waals surface area (Å²) in [6.45, 7) is 1.82. The van der Waals surface area contributed by atoms with Gasteiger partial charge in [-0.05, 0) is 37.8 Å². The largest absolute Gasteiger partial charge is 0.362 e. The number of hydrogen-bond acceptors (Lipinski definition) is 4. The van der Waals surface area contributed by atoms with E-state index >= 15 is 0 Å². The van der Waals surface area contributed by atoms with Crippen molar-refractivity contribution in [1.82, 2.24) is 5.32 Å². The average molecular weight is 434 g/mol. The van der Waals surface area contributed by atoms with Crippen molar-refractivity contribution in [1.29, 1.82) is 5.26 Å². The number of thiophene rings is 1. The third kappa shape index (κ3) is 4.00. The van der Waals surface area contributed by atoms with Crippen molar-refractivity contribution in [2.24, 2.45) is 0 Å². The SMILES string of the molecule is N#Cc1c(N2CCCCCC2)sc(C(=O)NC2CC2)c1-c1ccc(Cl)cc1Cl. The van der Waals surface area contributed by atoms with E-state index in [0.29, 0.717) is 31.6 Å². The first-order valence-electron chi connectivity index (χ1n) is 9.66. The van der Waals surface area contributed by atoms with Crippen LogP contribution in [0.25, 0.3) is 11.1 Å². The van der Waals surface area contributed by atoms with Crippen LogP contribution in [0.5, 0.6) is 0 Å². The molecule has 0 spiro atoms. The molecule has 0 radical (unpaired) electrons. The minimum atomic E-state index is -0.119. The molecule has 1 saturated heterocycles. The first-order chi connectivity index (χ1) is 13.6. The van der Waals surface area contributed by atoms with Crippen LogP contribution in [-0.2, 0) is 0 Å². The third-order valence-corrected chi connectivity index (χ3v) is 7.01. The number of amides is 1. The number of anilines is 1. The van der Waals surface area contributed by atoms with Crippen LogP contribution in [0.3, 0.4) is 0 Å². The first kappa shape index (κ1) is 19.6. The number of nitrogens with zero attached hydrogens (tertiary/aromatic N) is 2. The standard InChI is InChI=1S/C21H21Cl2N3OS/c22-13-5-8-15(17(23)11-13)18-16(12-24)21(26-9-3-1-2-4-10-26)28-19(18)20(27)25-14-6-7-14/h5,8,11,14H,1-4,6-7,9-10H2,(H,25,27). The molecule has 1 saturated carbocycles. The van der Waals surface area contributed by atoms with Gasteiger partial charge < -0.3 is 10.2 Å². The Hall–Kier alpha value is -1.74. The van der Waals surface area contributed by atoms with Crippen molar-refractivity contribution in [3.63, 3.8) is 0 Å². The molecule has 1 N–H and O–H groups in total. The molecule has 0 unspecified atom stereocenters. The minimum absolute atomic E-state index is 0.119. The lowest BCUT2D eigenvalue weighted by Crippen LogP contribution is -2.25. The summed E-state index contributed by atoms with van der Waals surface area (Å²) < 4.78 is 0. The lowest BCUT2D eigenvalue weighted by molar-refractivity contribution is 0.0955. The van der Waals surface area contributed by atoms with Crippen LogP contribution in [0, 0.1) is 11.3 Å². The number of benzene rings is 1. The first-order valence-corrected chi connectivity index (χ1v) is 11.2. The molecule has 2 aliphatic rings. The molecule has 1 aromatic carbocycles. The van der Waals surface area contributed by atoms with Crippen LogP contribution in [0.4, 0.5) is 5.00 Å². The molecular weight excluding hydrogens is 413 g/mol. The highest BCUT2D eigenvalue weighted by molar-refractivity contribution is 7.19. The number of halogens is 2. The Morgan fingerprint density at radius 1 is 1.18 bits per heavy atom. The van der Waals surface area contributed by atoms with Crippen LogP contribution in [-0.4, -0.2) is 25.0 Å². The summed E-state index contributed by atoms with van der Waals surface area (Å²) in [7, 11) is 0. The summed E-state index contributed by atoms with van der Waals surface area (Å²) >= 11 is 14.0. The normalized spacial score (nSPS) is 17.1. The fourth-order valence-corrected chi connectivity index (χ4v) is 5.33. The van der Waals surface area contributed by atoms with Gasteiger partial charge in [0.25, 0.3) is 5.91 Å². The molecule has 1 amide bonds. The Morgan fingerprint density at radius 3 is 2.50 bits per heavy atom. The molecule has 2 fully saturated rings. The molecule has 1 aliphatic carbocycles. The van der Waals surface area contributed by atoms with Gasteiger partial charge in [0.05, 0.1) is 5.56 Å². The topological polar surface area (TPSA) is 56.1 Å². The van der Waals surface area contributed by atoms with Gasteiger partial charge in [-0.25, -0.2) is 0 Å². The molecule has 2 aromatic rings. The van der Waals surface area contributed by atoms with Gasteiger partial charge in [0, 0.05) is 40.3 Å². The van der Waals surface area contributed by atoms with Crippen LogP contribution in [0.15, 0.2) is 18.2 Å². The number of carbonyl (C=O) groups is 1. The molecule has 28 heavy (non-hydrogen) atoms. The van der Waals surface area contributed by atoms with Crippen LogP contribution in [0.2, 0.25) is 10.0 Å². The van der Waals surface area contributed by atoms with Crippen molar-refractivity contribution in [2.75, 3.05) is 18.0 Å². The van der Waals surface area contributed by atoms with Crippen molar-refractivity contribution < 1.29 is 4.79 Å². The smallest absolute Gasteiger partial charge is 0.262 e. The lowest BCUT2D eigenvalue weighted by Gasteiger charge is -2.21. The summed E-state index contributed by atoms with van der Waals surface area (Å²) in [6, 6.07) is 7.81. The van der Waals surface area contributed by atoms with E-state index in [2.05, 4.69) is 16.3 Å². The van der Waals surface area contributed by atoms with E-state index in [9.17, 15) is 10.1 Å². The Labute approximate surface area is 179 Å². The minimum Gasteiger partial charge on any atom is -0.362 e. The van der Waals surface area contributed by atoms with Gasteiger partial charge in [0.15, 0.2) is 0 Å². The molecule has 1 aliphatic heterocycles. The van der Waals surface area contributed by atoms with Crippen LogP contribution >= 0.6 is 34.5 Å². The summed E-state index contributed by atoms with van der Waals surface area (Å²) in [5.41, 5.74) is 1.85. The van der Waals surface area contributed by atoms with Crippen molar-refractivity contribution in [3.8, 4) is 17.2 Å². The monoisotopic (exact) mass is 433 g/mol. The lowest BCUT2D eigenvalue weighted by atomic mass is 10.0. The number of rotatable bonds is 4. The summed E-state index contributed by atoms with van der Waals surface area (Å²) in [5, 5.41) is 14.9. The number of nitriles is 1. The van der Waals surface area contributed by atoms with E-state index in [-0.39, 0.29) is 11.9 Å². The van der Waals surface area contributed by atoms with E-state index in [1.54, 1.807) is 18.2 Å². The van der Waals surface area contributed by atoms with E-state index in [1.165, 1.54) is 24.2 Å². The molecular formula is C21H21Cl2N3OS. The number of hydrogen-bond donors (Lipinski definition) is 1. The zero-order valence-electron chi connectivity index (χ0n) is 15.4. The van der Waals surface area contributed by atoms with Crippen molar-refractivity contribution in [2.45, 2.75) is 44.6 Å². The fourth-order valence-electron chi connectivity index (χ4n) is 3.61. The van der Waals surface area contributed by atoms with Crippen LogP contribution < -0.4 is 10.2 Å². The van der Waals surface area contributed by atoms with Gasteiger partial charge in [-0.1, -0.05) is 42.1 Å². The quantitative estimate of drug-likeness (QED) is 0.655. The van der Waals surface area contributed by atoms with Crippen molar-refractivity contribution >= 4 is 45.4 Å². The summed E-state index contributed by atoms with van der Waals surface area (Å²) in [6.07, 6.45) is 6.63. The Morgan fingerprint density at radius 2 is 1.89 bits per heavy atom. The second kappa shape index (κ2) is 8.32. The second-order valence-electron chi connectivity index (χ2n) is 7.37. The van der Waals surface area contributed by atoms with Gasteiger partial charge in [0.2, 0.25) is 0 Å². The predicted octanol–water partition coefficient (Wildman–Crippen LogP) is 5.87. The predicted molar refractivity (Wildman–Crippen MR) is 116 cm³/mol. The molecule has 1 aromatic heterocycles. The summed E-state index contributed by atoms with van der Waals surface area (Å²) in [5.74, 6) is -0.119. The average Bonchev–Trinajstić information content (AvgIpc) is 3.45. The van der Waals surface area contributed by atoms with E-state index < -0.39 is 0 Å². The van der Waals surface area contributed by atoms with E-state index in [0.717, 1.165) is 43.8 Å². The highest BCUT2D eigenvalue weighted by Crippen LogP contribution is 2.45. The number of carbonyl (C=O) groups excluding carboxylic acids is 1. The van der Waals surface area contributed by atoms with Gasteiger partial charge in [-0.2, -0.15) is 5.26 Å². The third-order valence-electron chi connectivity index (χ3n) is 5.21. The Balaban J connectivity index is 1.85. The zero-order valence-corrected chi connectivity index (χ0v) is 17.8. The maximum absolute atomic E-state index is 13.0. The molecule has 7 heteroatoms. The maximum atomic E-state index is 13.0. The van der Waals surface area contributed by atoms with Crippen molar-refractivity contribution in [3.05, 3.63) is 38.7 Å². The molecule has 2 heterocycles. The number of nitrogens with one attached hydrogen (secondary N) is 1. The molecule has 146 valence electrons. The molecule has 0 atom stereocenters. The Kier molecular flexibility index (Phi) is 5.82. The van der Waals surface area contributed by atoms with E-state index in [4.69, 9.17) is 23.2 Å². The van der Waals surface area contributed by atoms with Gasteiger partial charge in [0.1, 0.15) is 15.9 Å². The van der Waals surface area contributed by atoms with Gasteiger partial charge in [-0.3, -0.25) is 4.79 Å². The van der Waals surface area contributed by atoms with Crippen LogP contribution in [0.1, 0.15) is 53.8 Å². The highest BCUT2D eigenvalue weighted by Gasteiger charge is 2.31. The van der Waals surface area contributed by atoms with Gasteiger partial charge >= 0.3 is 0 Å². The molecule has 0 bridgehead atoms. The van der Waals surface area contributed by atoms with E-state index in [1.807, 2.05) is 0 Å². The second-order valence-corrected chi connectivity index (χ2v) is 9.21. The molecule has 4 nitrogen and oxygen atoms in total. The summed E-state index contributed by atoms with van der Waals surface area (Å²) in [4.78, 5) is 15.8. The maximum Gasteiger partial charge on any atom is 0.262 e. The Bertz CT molecular complexity index is 938. The molecule has 4 rings (SSSR count). The fraction of sp³-hybridized carbons (Fsp3) is 0.429. The van der Waals surface area contributed by atoms with Gasteiger partial charge in [-0.15, -0.1) is 11.3 Å².